The van der Waals surface area contributed by atoms with Crippen molar-refractivity contribution in [3.05, 3.63) is 35.8 Å². The van der Waals surface area contributed by atoms with E-state index in [9.17, 15) is 9.59 Å². The van der Waals surface area contributed by atoms with Gasteiger partial charge in [0.15, 0.2) is 0 Å². The van der Waals surface area contributed by atoms with Crippen LogP contribution in [0.1, 0.15) is 0 Å². The fourth-order valence-corrected chi connectivity index (χ4v) is 2.63. The summed E-state index contributed by atoms with van der Waals surface area (Å²) in [5, 5.41) is 0. The Kier molecular flexibility index (Phi) is 4.22. The number of ether oxygens (including phenoxy) is 3. The van der Waals surface area contributed by atoms with Gasteiger partial charge in [0.05, 0.1) is 43.8 Å². The molecule has 2 aromatic rings. The van der Waals surface area contributed by atoms with Crippen molar-refractivity contribution in [1.29, 1.82) is 0 Å². The highest BCUT2D eigenvalue weighted by atomic mass is 16.5. The van der Waals surface area contributed by atoms with Crippen LogP contribution in [0.5, 0.6) is 0 Å². The van der Waals surface area contributed by atoms with Gasteiger partial charge in [-0.05, 0) is 18.2 Å². The van der Waals surface area contributed by atoms with Crippen LogP contribution in [0.15, 0.2) is 35.8 Å². The van der Waals surface area contributed by atoms with Crippen molar-refractivity contribution in [3.8, 4) is 0 Å². The Balaban J connectivity index is 2.13. The SMILES string of the molecule is COC(=O)C1=C(C(=O)OC)N(c2ccc3ncn(C)c3c2)COC1. The molecular formula is C16H17N3O5. The number of fused-ring (bicyclic) bond motifs is 1. The number of nitrogens with zero attached hydrogens (tertiary/aromatic N) is 3. The van der Waals surface area contributed by atoms with E-state index < -0.39 is 11.9 Å². The number of hydrogen-bond donors (Lipinski definition) is 0. The van der Waals surface area contributed by atoms with Crippen LogP contribution >= 0.6 is 0 Å². The molecular weight excluding hydrogens is 314 g/mol. The van der Waals surface area contributed by atoms with E-state index in [1.165, 1.54) is 14.2 Å². The van der Waals surface area contributed by atoms with Crippen LogP contribution in [-0.4, -0.2) is 49.0 Å². The Labute approximate surface area is 138 Å². The third kappa shape index (κ3) is 2.61. The zero-order valence-corrected chi connectivity index (χ0v) is 13.6. The molecule has 0 bridgehead atoms. The molecule has 1 aromatic carbocycles. The van der Waals surface area contributed by atoms with Crippen LogP contribution < -0.4 is 4.90 Å². The monoisotopic (exact) mass is 331 g/mol. The van der Waals surface area contributed by atoms with Gasteiger partial charge in [-0.3, -0.25) is 0 Å². The topological polar surface area (TPSA) is 82.9 Å². The Bertz CT molecular complexity index is 839. The van der Waals surface area contributed by atoms with Crippen LogP contribution in [0.4, 0.5) is 5.69 Å². The molecule has 0 N–H and O–H groups in total. The third-order valence-corrected chi connectivity index (χ3v) is 3.85. The summed E-state index contributed by atoms with van der Waals surface area (Å²) in [6.07, 6.45) is 1.71. The summed E-state index contributed by atoms with van der Waals surface area (Å²) in [6, 6.07) is 5.52. The largest absolute Gasteiger partial charge is 0.466 e. The number of anilines is 1. The molecule has 1 aliphatic heterocycles. The van der Waals surface area contributed by atoms with Crippen molar-refractivity contribution in [3.63, 3.8) is 0 Å². The highest BCUT2D eigenvalue weighted by Gasteiger charge is 2.32. The van der Waals surface area contributed by atoms with Gasteiger partial charge in [-0.1, -0.05) is 0 Å². The molecule has 8 heteroatoms. The summed E-state index contributed by atoms with van der Waals surface area (Å²) in [4.78, 5) is 30.1. The molecule has 0 saturated heterocycles. The molecule has 2 heterocycles. The minimum atomic E-state index is -0.623. The number of carbonyl (C=O) groups is 2. The summed E-state index contributed by atoms with van der Waals surface area (Å²) in [7, 11) is 4.40. The first-order valence-corrected chi connectivity index (χ1v) is 7.23. The van der Waals surface area contributed by atoms with Gasteiger partial charge >= 0.3 is 11.9 Å². The van der Waals surface area contributed by atoms with E-state index in [1.807, 2.05) is 29.8 Å². The molecule has 1 aromatic heterocycles. The van der Waals surface area contributed by atoms with Crippen LogP contribution in [0.3, 0.4) is 0 Å². The van der Waals surface area contributed by atoms with Gasteiger partial charge in [-0.2, -0.15) is 0 Å². The maximum atomic E-state index is 12.3. The average Bonchev–Trinajstić information content (AvgIpc) is 3.00. The van der Waals surface area contributed by atoms with E-state index in [0.717, 1.165) is 11.0 Å². The second kappa shape index (κ2) is 6.32. The molecule has 0 amide bonds. The number of hydrogen-bond acceptors (Lipinski definition) is 7. The highest BCUT2D eigenvalue weighted by Crippen LogP contribution is 2.28. The first-order chi connectivity index (χ1) is 11.6. The van der Waals surface area contributed by atoms with Crippen LogP contribution in [0.2, 0.25) is 0 Å². The van der Waals surface area contributed by atoms with Gasteiger partial charge in [0.1, 0.15) is 12.4 Å². The number of imidazole rings is 1. The normalized spacial score (nSPS) is 14.9. The van der Waals surface area contributed by atoms with Crippen LogP contribution in [-0.2, 0) is 30.8 Å². The van der Waals surface area contributed by atoms with Crippen molar-refractivity contribution in [2.24, 2.45) is 7.05 Å². The van der Waals surface area contributed by atoms with Gasteiger partial charge in [0.25, 0.3) is 0 Å². The summed E-state index contributed by atoms with van der Waals surface area (Å²) in [6.45, 7) is 0.107. The lowest BCUT2D eigenvalue weighted by molar-refractivity contribution is -0.140. The van der Waals surface area contributed by atoms with E-state index in [1.54, 1.807) is 11.2 Å². The molecule has 3 rings (SSSR count). The van der Waals surface area contributed by atoms with Crippen molar-refractivity contribution in [2.75, 3.05) is 32.5 Å². The lowest BCUT2D eigenvalue weighted by Crippen LogP contribution is -2.38. The summed E-state index contributed by atoms with van der Waals surface area (Å²) >= 11 is 0. The second-order valence-corrected chi connectivity index (χ2v) is 5.24. The predicted molar refractivity (Wildman–Crippen MR) is 85.1 cm³/mol. The number of aromatic nitrogens is 2. The lowest BCUT2D eigenvalue weighted by Gasteiger charge is -2.31. The lowest BCUT2D eigenvalue weighted by atomic mass is 10.1. The van der Waals surface area contributed by atoms with Crippen LogP contribution in [0.25, 0.3) is 11.0 Å². The maximum absolute atomic E-state index is 12.3. The molecule has 0 radical (unpaired) electrons. The Morgan fingerprint density at radius 2 is 1.96 bits per heavy atom. The molecule has 24 heavy (non-hydrogen) atoms. The summed E-state index contributed by atoms with van der Waals surface area (Å²) in [5.74, 6) is -1.24. The van der Waals surface area contributed by atoms with E-state index >= 15 is 0 Å². The van der Waals surface area contributed by atoms with Gasteiger partial charge in [-0.25, -0.2) is 14.6 Å². The van der Waals surface area contributed by atoms with E-state index in [4.69, 9.17) is 14.2 Å². The standard InChI is InChI=1S/C16H17N3O5/c1-18-8-17-12-5-4-10(6-13(12)18)19-9-24-7-11(15(20)22-2)14(19)16(21)23-3/h4-6,8H,7,9H2,1-3H3. The minimum absolute atomic E-state index is 0.0123. The van der Waals surface area contributed by atoms with E-state index in [-0.39, 0.29) is 24.6 Å². The molecule has 0 unspecified atom stereocenters. The Morgan fingerprint density at radius 3 is 2.67 bits per heavy atom. The maximum Gasteiger partial charge on any atom is 0.355 e. The number of carbonyl (C=O) groups excluding carboxylic acids is 2. The molecule has 1 aliphatic rings. The average molecular weight is 331 g/mol. The number of aryl methyl sites for hydroxylation is 1. The third-order valence-electron chi connectivity index (χ3n) is 3.85. The van der Waals surface area contributed by atoms with Gasteiger partial charge in [-0.15, -0.1) is 0 Å². The number of esters is 2. The zero-order chi connectivity index (χ0) is 17.3. The van der Waals surface area contributed by atoms with Gasteiger partial charge < -0.3 is 23.7 Å². The fraction of sp³-hybridized carbons (Fsp3) is 0.312. The highest BCUT2D eigenvalue weighted by molar-refractivity contribution is 6.03. The molecule has 0 atom stereocenters. The quantitative estimate of drug-likeness (QED) is 0.775. The Hall–Kier alpha value is -2.87. The number of rotatable bonds is 3. The van der Waals surface area contributed by atoms with Crippen molar-refractivity contribution in [1.82, 2.24) is 9.55 Å². The van der Waals surface area contributed by atoms with Crippen molar-refractivity contribution < 1.29 is 23.8 Å². The van der Waals surface area contributed by atoms with Crippen LogP contribution in [0, 0.1) is 0 Å². The molecule has 8 nitrogen and oxygen atoms in total. The van der Waals surface area contributed by atoms with Gasteiger partial charge in [0, 0.05) is 12.7 Å². The first-order valence-electron chi connectivity index (χ1n) is 7.23. The molecule has 0 fully saturated rings. The summed E-state index contributed by atoms with van der Waals surface area (Å²) < 4.78 is 16.9. The summed E-state index contributed by atoms with van der Waals surface area (Å²) in [5.41, 5.74) is 2.66. The predicted octanol–water partition coefficient (Wildman–Crippen LogP) is 0.967. The van der Waals surface area contributed by atoms with Crippen molar-refractivity contribution in [2.45, 2.75) is 0 Å². The molecule has 0 saturated carbocycles. The zero-order valence-electron chi connectivity index (χ0n) is 13.6. The number of benzene rings is 1. The van der Waals surface area contributed by atoms with E-state index in [2.05, 4.69) is 4.98 Å². The molecule has 0 aliphatic carbocycles. The fourth-order valence-electron chi connectivity index (χ4n) is 2.63. The Morgan fingerprint density at radius 1 is 1.21 bits per heavy atom. The number of methoxy groups -OCH3 is 2. The molecule has 0 spiro atoms. The smallest absolute Gasteiger partial charge is 0.355 e. The van der Waals surface area contributed by atoms with Gasteiger partial charge in [0.2, 0.25) is 0 Å². The first kappa shape index (κ1) is 16.0. The van der Waals surface area contributed by atoms with Crippen molar-refractivity contribution >= 4 is 28.7 Å². The molecule has 126 valence electrons. The van der Waals surface area contributed by atoms with E-state index in [0.29, 0.717) is 5.69 Å². The minimum Gasteiger partial charge on any atom is -0.466 e. The second-order valence-electron chi connectivity index (χ2n) is 5.24.